The molecule has 0 spiro atoms. The maximum Gasteiger partial charge on any atom is 0.254 e. The SMILES string of the molecule is CC(C)C1(c2ccc(C(=O)N(C)C)cn2)C=CC(C(=O)N(C)C)=CN1. The molecule has 0 radical (unpaired) electrons. The van der Waals surface area contributed by atoms with Gasteiger partial charge in [0.05, 0.1) is 16.8 Å². The summed E-state index contributed by atoms with van der Waals surface area (Å²) in [4.78, 5) is 31.7. The maximum absolute atomic E-state index is 12.1. The molecule has 6 nitrogen and oxygen atoms in total. The van der Waals surface area contributed by atoms with Crippen molar-refractivity contribution < 1.29 is 9.59 Å². The highest BCUT2D eigenvalue weighted by atomic mass is 16.2. The minimum atomic E-state index is -0.518. The zero-order valence-corrected chi connectivity index (χ0v) is 15.7. The van der Waals surface area contributed by atoms with E-state index in [1.165, 1.54) is 4.90 Å². The summed E-state index contributed by atoms with van der Waals surface area (Å²) in [5.41, 5.74) is 1.43. The van der Waals surface area contributed by atoms with Gasteiger partial charge in [0, 0.05) is 40.6 Å². The lowest BCUT2D eigenvalue weighted by atomic mass is 9.80. The van der Waals surface area contributed by atoms with Crippen molar-refractivity contribution in [1.82, 2.24) is 20.1 Å². The standard InChI is InChI=1S/C19H26N4O2/c1-13(2)19(10-9-15(12-21-19)18(25)23(5)6)16-8-7-14(11-20-16)17(24)22(3)4/h7-13,21H,1-6H3. The van der Waals surface area contributed by atoms with Crippen LogP contribution in [0.5, 0.6) is 0 Å². The number of rotatable bonds is 4. The van der Waals surface area contributed by atoms with Gasteiger partial charge in [-0.15, -0.1) is 0 Å². The maximum atomic E-state index is 12.1. The molecule has 0 fully saturated rings. The zero-order chi connectivity index (χ0) is 18.8. The normalized spacial score (nSPS) is 19.2. The molecule has 0 aliphatic carbocycles. The predicted octanol–water partition coefficient (Wildman–Crippen LogP) is 1.77. The molecule has 2 heterocycles. The Morgan fingerprint density at radius 2 is 1.72 bits per heavy atom. The first-order valence-electron chi connectivity index (χ1n) is 8.26. The fourth-order valence-electron chi connectivity index (χ4n) is 2.74. The van der Waals surface area contributed by atoms with Crippen molar-refractivity contribution in [3.05, 3.63) is 53.5 Å². The summed E-state index contributed by atoms with van der Waals surface area (Å²) >= 11 is 0. The molecule has 1 unspecified atom stereocenters. The molecule has 25 heavy (non-hydrogen) atoms. The van der Waals surface area contributed by atoms with Gasteiger partial charge in [0.15, 0.2) is 0 Å². The van der Waals surface area contributed by atoms with Crippen LogP contribution in [0.3, 0.4) is 0 Å². The third kappa shape index (κ3) is 3.57. The molecular formula is C19H26N4O2. The highest BCUT2D eigenvalue weighted by Gasteiger charge is 2.36. The number of carbonyl (C=O) groups is 2. The van der Waals surface area contributed by atoms with Gasteiger partial charge in [-0.25, -0.2) is 0 Å². The number of nitrogens with one attached hydrogen (secondary N) is 1. The quantitative estimate of drug-likeness (QED) is 0.906. The fraction of sp³-hybridized carbons (Fsp3) is 0.421. The largest absolute Gasteiger partial charge is 0.376 e. The lowest BCUT2D eigenvalue weighted by Crippen LogP contribution is -2.45. The van der Waals surface area contributed by atoms with Gasteiger partial charge in [-0.1, -0.05) is 19.9 Å². The lowest BCUT2D eigenvalue weighted by Gasteiger charge is -2.37. The summed E-state index contributed by atoms with van der Waals surface area (Å²) in [5.74, 6) is 0.0588. The van der Waals surface area contributed by atoms with Crippen molar-refractivity contribution in [2.24, 2.45) is 5.92 Å². The van der Waals surface area contributed by atoms with Crippen molar-refractivity contribution in [3.63, 3.8) is 0 Å². The summed E-state index contributed by atoms with van der Waals surface area (Å²) < 4.78 is 0. The van der Waals surface area contributed by atoms with Crippen LogP contribution >= 0.6 is 0 Å². The molecule has 0 aromatic carbocycles. The van der Waals surface area contributed by atoms with Gasteiger partial charge in [-0.3, -0.25) is 14.6 Å². The summed E-state index contributed by atoms with van der Waals surface area (Å²) in [6.45, 7) is 4.18. The first-order chi connectivity index (χ1) is 11.7. The van der Waals surface area contributed by atoms with Gasteiger partial charge in [0.25, 0.3) is 11.8 Å². The van der Waals surface area contributed by atoms with E-state index in [9.17, 15) is 9.59 Å². The van der Waals surface area contributed by atoms with Crippen molar-refractivity contribution in [2.75, 3.05) is 28.2 Å². The summed E-state index contributed by atoms with van der Waals surface area (Å²) in [6, 6.07) is 3.65. The minimum Gasteiger partial charge on any atom is -0.376 e. The van der Waals surface area contributed by atoms with Crippen LogP contribution in [0.15, 0.2) is 42.3 Å². The summed E-state index contributed by atoms with van der Waals surface area (Å²) in [7, 11) is 6.88. The number of aromatic nitrogens is 1. The topological polar surface area (TPSA) is 65.5 Å². The van der Waals surface area contributed by atoms with Crippen LogP contribution in [0.1, 0.15) is 29.9 Å². The zero-order valence-electron chi connectivity index (χ0n) is 15.7. The highest BCUT2D eigenvalue weighted by molar-refractivity contribution is 5.96. The predicted molar refractivity (Wildman–Crippen MR) is 97.8 cm³/mol. The smallest absolute Gasteiger partial charge is 0.254 e. The van der Waals surface area contributed by atoms with Crippen molar-refractivity contribution >= 4 is 11.8 Å². The Kier molecular flexibility index (Phi) is 5.30. The monoisotopic (exact) mass is 342 g/mol. The van der Waals surface area contributed by atoms with E-state index in [1.807, 2.05) is 18.2 Å². The first-order valence-corrected chi connectivity index (χ1v) is 8.26. The third-order valence-corrected chi connectivity index (χ3v) is 4.40. The van der Waals surface area contributed by atoms with Gasteiger partial charge in [0.2, 0.25) is 0 Å². The van der Waals surface area contributed by atoms with Gasteiger partial charge in [-0.05, 0) is 24.1 Å². The Bertz CT molecular complexity index is 717. The molecule has 0 saturated heterocycles. The number of carbonyl (C=O) groups excluding carboxylic acids is 2. The Morgan fingerprint density at radius 1 is 1.08 bits per heavy atom. The highest BCUT2D eigenvalue weighted by Crippen LogP contribution is 2.33. The number of dihydropyridines is 1. The van der Waals surface area contributed by atoms with Crippen LogP contribution in [0.2, 0.25) is 0 Å². The van der Waals surface area contributed by atoms with Crippen LogP contribution in [0.4, 0.5) is 0 Å². The Balaban J connectivity index is 2.33. The third-order valence-electron chi connectivity index (χ3n) is 4.40. The molecule has 1 aromatic heterocycles. The molecule has 1 aliphatic heterocycles. The van der Waals surface area contributed by atoms with E-state index in [-0.39, 0.29) is 17.7 Å². The fourth-order valence-corrected chi connectivity index (χ4v) is 2.74. The molecule has 1 atom stereocenters. The van der Waals surface area contributed by atoms with E-state index in [2.05, 4.69) is 24.1 Å². The molecule has 1 aromatic rings. The average molecular weight is 342 g/mol. The Morgan fingerprint density at radius 3 is 2.12 bits per heavy atom. The van der Waals surface area contributed by atoms with Crippen molar-refractivity contribution in [1.29, 1.82) is 0 Å². The van der Waals surface area contributed by atoms with E-state index in [0.717, 1.165) is 5.69 Å². The number of hydrogen-bond acceptors (Lipinski definition) is 4. The van der Waals surface area contributed by atoms with Crippen LogP contribution in [-0.2, 0) is 10.3 Å². The molecule has 6 heteroatoms. The van der Waals surface area contributed by atoms with Crippen LogP contribution in [0.25, 0.3) is 0 Å². The second-order valence-corrected chi connectivity index (χ2v) is 6.93. The minimum absolute atomic E-state index is 0.0546. The Hall–Kier alpha value is -2.63. The van der Waals surface area contributed by atoms with Crippen molar-refractivity contribution in [2.45, 2.75) is 19.4 Å². The lowest BCUT2D eigenvalue weighted by molar-refractivity contribution is -0.124. The van der Waals surface area contributed by atoms with Crippen LogP contribution in [-0.4, -0.2) is 54.8 Å². The summed E-state index contributed by atoms with van der Waals surface area (Å²) in [6.07, 6.45) is 7.15. The number of amides is 2. The van der Waals surface area contributed by atoms with Crippen molar-refractivity contribution in [3.8, 4) is 0 Å². The molecular weight excluding hydrogens is 316 g/mol. The second kappa shape index (κ2) is 7.09. The van der Waals surface area contributed by atoms with Gasteiger partial charge in [-0.2, -0.15) is 0 Å². The molecule has 2 amide bonds. The molecule has 2 rings (SSSR count). The molecule has 134 valence electrons. The molecule has 0 bridgehead atoms. The molecule has 1 aliphatic rings. The van der Waals surface area contributed by atoms with E-state index in [1.54, 1.807) is 51.6 Å². The van der Waals surface area contributed by atoms with E-state index in [4.69, 9.17) is 0 Å². The number of nitrogens with zero attached hydrogens (tertiary/aromatic N) is 3. The van der Waals surface area contributed by atoms with Crippen LogP contribution < -0.4 is 5.32 Å². The van der Waals surface area contributed by atoms with Gasteiger partial charge >= 0.3 is 0 Å². The second-order valence-electron chi connectivity index (χ2n) is 6.93. The summed E-state index contributed by atoms with van der Waals surface area (Å²) in [5, 5.41) is 3.35. The number of hydrogen-bond donors (Lipinski definition) is 1. The van der Waals surface area contributed by atoms with Crippen LogP contribution in [0, 0.1) is 5.92 Å². The van der Waals surface area contributed by atoms with E-state index >= 15 is 0 Å². The van der Waals surface area contributed by atoms with E-state index in [0.29, 0.717) is 11.1 Å². The average Bonchev–Trinajstić information content (AvgIpc) is 2.60. The van der Waals surface area contributed by atoms with Gasteiger partial charge < -0.3 is 15.1 Å². The molecule has 1 N–H and O–H groups in total. The van der Waals surface area contributed by atoms with E-state index < -0.39 is 5.54 Å². The van der Waals surface area contributed by atoms with Gasteiger partial charge in [0.1, 0.15) is 5.54 Å². The Labute approximate surface area is 149 Å². The first kappa shape index (κ1) is 18.7. The number of pyridine rings is 1. The molecule has 0 saturated carbocycles. The number of likely N-dealkylation sites (N-methyl/N-ethyl adjacent to an activating group) is 1.